The second-order valence-corrected chi connectivity index (χ2v) is 4.99. The van der Waals surface area contributed by atoms with Crippen LogP contribution in [0.2, 0.25) is 0 Å². The minimum Gasteiger partial charge on any atom is -0.179 e. The van der Waals surface area contributed by atoms with Gasteiger partial charge in [0.2, 0.25) is 0 Å². The highest BCUT2D eigenvalue weighted by Crippen LogP contribution is 2.57. The summed E-state index contributed by atoms with van der Waals surface area (Å²) in [5.41, 5.74) is 0.640. The maximum atomic E-state index is 4.46. The molecule has 2 heteroatoms. The van der Waals surface area contributed by atoms with E-state index in [9.17, 15) is 0 Å². The lowest BCUT2D eigenvalue weighted by Crippen LogP contribution is -2.20. The maximum absolute atomic E-state index is 4.46. The molecule has 2 bridgehead atoms. The second-order valence-electron chi connectivity index (χ2n) is 4.31. The predicted molar refractivity (Wildman–Crippen MR) is 55.6 cm³/mol. The first kappa shape index (κ1) is 8.31. The van der Waals surface area contributed by atoms with Crippen molar-refractivity contribution in [3.63, 3.8) is 0 Å². The summed E-state index contributed by atoms with van der Waals surface area (Å²) in [6, 6.07) is 0. The van der Waals surface area contributed by atoms with E-state index in [1.807, 2.05) is 0 Å². The maximum Gasteiger partial charge on any atom is -0.00409 e. The van der Waals surface area contributed by atoms with Gasteiger partial charge >= 0.3 is 0 Å². The molecule has 0 heterocycles. The van der Waals surface area contributed by atoms with Gasteiger partial charge in [-0.25, -0.2) is 0 Å². The van der Waals surface area contributed by atoms with Crippen molar-refractivity contribution in [2.75, 3.05) is 11.5 Å². The van der Waals surface area contributed by atoms with Gasteiger partial charge in [0.1, 0.15) is 0 Å². The average Bonchev–Trinajstić information content (AvgIpc) is 2.61. The Labute approximate surface area is 80.0 Å². The number of hydrogen-bond acceptors (Lipinski definition) is 2. The fourth-order valence-corrected chi connectivity index (χ4v) is 3.83. The van der Waals surface area contributed by atoms with E-state index in [-0.39, 0.29) is 0 Å². The number of hydrogen-bond donors (Lipinski definition) is 2. The molecular weight excluding hydrogens is 172 g/mol. The van der Waals surface area contributed by atoms with Crippen LogP contribution in [0.1, 0.15) is 25.7 Å². The van der Waals surface area contributed by atoms with E-state index in [0.29, 0.717) is 5.41 Å². The van der Waals surface area contributed by atoms with E-state index in [4.69, 9.17) is 0 Å². The van der Waals surface area contributed by atoms with Crippen molar-refractivity contribution in [1.82, 2.24) is 0 Å². The summed E-state index contributed by atoms with van der Waals surface area (Å²) in [6.45, 7) is 0. The molecule has 0 aromatic heterocycles. The van der Waals surface area contributed by atoms with Crippen LogP contribution in [0, 0.1) is 17.3 Å². The lowest BCUT2D eigenvalue weighted by Gasteiger charge is -2.27. The molecule has 2 rings (SSSR count). The van der Waals surface area contributed by atoms with Crippen LogP contribution in [0.15, 0.2) is 0 Å². The molecular formula is C9H16S2. The number of thiol groups is 2. The summed E-state index contributed by atoms with van der Waals surface area (Å²) in [5, 5.41) is 0. The summed E-state index contributed by atoms with van der Waals surface area (Å²) in [7, 11) is 0. The molecule has 3 atom stereocenters. The van der Waals surface area contributed by atoms with Gasteiger partial charge in [-0.1, -0.05) is 0 Å². The Morgan fingerprint density at radius 3 is 2.55 bits per heavy atom. The Bertz CT molecular complexity index is 158. The molecule has 0 amide bonds. The lowest BCUT2D eigenvalue weighted by atomic mass is 9.82. The monoisotopic (exact) mass is 188 g/mol. The third kappa shape index (κ3) is 1.23. The van der Waals surface area contributed by atoms with Gasteiger partial charge in [0, 0.05) is 0 Å². The molecule has 2 saturated carbocycles. The van der Waals surface area contributed by atoms with Gasteiger partial charge in [0.05, 0.1) is 0 Å². The van der Waals surface area contributed by atoms with Gasteiger partial charge in [-0.05, 0) is 54.4 Å². The Balaban J connectivity index is 2.08. The van der Waals surface area contributed by atoms with Gasteiger partial charge in [-0.15, -0.1) is 0 Å². The van der Waals surface area contributed by atoms with Crippen molar-refractivity contribution in [1.29, 1.82) is 0 Å². The molecule has 0 aliphatic heterocycles. The van der Waals surface area contributed by atoms with E-state index in [2.05, 4.69) is 25.3 Å². The second kappa shape index (κ2) is 2.88. The zero-order valence-electron chi connectivity index (χ0n) is 6.79. The van der Waals surface area contributed by atoms with Gasteiger partial charge in [-0.3, -0.25) is 0 Å². The van der Waals surface area contributed by atoms with E-state index in [0.717, 1.165) is 23.3 Å². The molecule has 0 saturated heterocycles. The highest BCUT2D eigenvalue weighted by atomic mass is 32.1. The quantitative estimate of drug-likeness (QED) is 0.612. The standard InChI is InChI=1S/C9H16S2/c10-5-8-4-9(6-11)2-1-7(8)3-9/h7-8,10-11H,1-6H2. The lowest BCUT2D eigenvalue weighted by molar-refractivity contribution is 0.291. The summed E-state index contributed by atoms with van der Waals surface area (Å²) in [6.07, 6.45) is 5.74. The molecule has 0 N–H and O–H groups in total. The molecule has 11 heavy (non-hydrogen) atoms. The van der Waals surface area contributed by atoms with Crippen molar-refractivity contribution >= 4 is 25.3 Å². The molecule has 0 radical (unpaired) electrons. The van der Waals surface area contributed by atoms with Crippen LogP contribution in [-0.2, 0) is 0 Å². The summed E-state index contributed by atoms with van der Waals surface area (Å²) >= 11 is 8.86. The van der Waals surface area contributed by atoms with Crippen molar-refractivity contribution < 1.29 is 0 Å². The topological polar surface area (TPSA) is 0 Å². The number of fused-ring (bicyclic) bond motifs is 2. The average molecular weight is 188 g/mol. The smallest absolute Gasteiger partial charge is 0.00409 e. The van der Waals surface area contributed by atoms with Crippen LogP contribution in [0.5, 0.6) is 0 Å². The van der Waals surface area contributed by atoms with Gasteiger partial charge in [0.25, 0.3) is 0 Å². The normalized spacial score (nSPS) is 48.5. The Morgan fingerprint density at radius 1 is 1.27 bits per heavy atom. The summed E-state index contributed by atoms with van der Waals surface area (Å²) in [4.78, 5) is 0. The first-order valence-corrected chi connectivity index (χ1v) is 5.78. The Kier molecular flexibility index (Phi) is 2.17. The van der Waals surface area contributed by atoms with E-state index in [1.165, 1.54) is 25.7 Å². The van der Waals surface area contributed by atoms with Gasteiger partial charge in [-0.2, -0.15) is 25.3 Å². The molecule has 2 aliphatic rings. The zero-order chi connectivity index (χ0) is 7.90. The van der Waals surface area contributed by atoms with E-state index >= 15 is 0 Å². The predicted octanol–water partition coefficient (Wildman–Crippen LogP) is 2.65. The van der Waals surface area contributed by atoms with E-state index in [1.54, 1.807) is 0 Å². The SMILES string of the molecule is SCC1CC2(CS)CCC1C2. The summed E-state index contributed by atoms with van der Waals surface area (Å²) < 4.78 is 0. The van der Waals surface area contributed by atoms with Crippen LogP contribution in [0.3, 0.4) is 0 Å². The van der Waals surface area contributed by atoms with E-state index < -0.39 is 0 Å². The largest absolute Gasteiger partial charge is 0.179 e. The number of rotatable bonds is 2. The Hall–Kier alpha value is 0.700. The minimum absolute atomic E-state index is 0.640. The molecule has 3 unspecified atom stereocenters. The zero-order valence-corrected chi connectivity index (χ0v) is 8.58. The fourth-order valence-electron chi connectivity index (χ4n) is 2.98. The third-order valence-corrected chi connectivity index (χ3v) is 4.81. The highest BCUT2D eigenvalue weighted by molar-refractivity contribution is 7.80. The van der Waals surface area contributed by atoms with Crippen LogP contribution in [-0.4, -0.2) is 11.5 Å². The van der Waals surface area contributed by atoms with Crippen LogP contribution in [0.4, 0.5) is 0 Å². The molecule has 0 aromatic rings. The molecule has 64 valence electrons. The minimum atomic E-state index is 0.640. The molecule has 0 nitrogen and oxygen atoms in total. The summed E-state index contributed by atoms with van der Waals surface area (Å²) in [5.74, 6) is 4.12. The van der Waals surface area contributed by atoms with Crippen LogP contribution in [0.25, 0.3) is 0 Å². The van der Waals surface area contributed by atoms with Crippen molar-refractivity contribution in [3.8, 4) is 0 Å². The first-order valence-electron chi connectivity index (χ1n) is 4.51. The Morgan fingerprint density at radius 2 is 2.09 bits per heavy atom. The third-order valence-electron chi connectivity index (χ3n) is 3.67. The van der Waals surface area contributed by atoms with Gasteiger partial charge in [0.15, 0.2) is 0 Å². The van der Waals surface area contributed by atoms with Crippen LogP contribution >= 0.6 is 25.3 Å². The molecule has 0 spiro atoms. The van der Waals surface area contributed by atoms with Crippen molar-refractivity contribution in [2.45, 2.75) is 25.7 Å². The molecule has 2 fully saturated rings. The van der Waals surface area contributed by atoms with Crippen molar-refractivity contribution in [2.24, 2.45) is 17.3 Å². The molecule has 2 aliphatic carbocycles. The molecule has 0 aromatic carbocycles. The van der Waals surface area contributed by atoms with Crippen LogP contribution < -0.4 is 0 Å². The van der Waals surface area contributed by atoms with Gasteiger partial charge < -0.3 is 0 Å². The fraction of sp³-hybridized carbons (Fsp3) is 1.00. The highest BCUT2D eigenvalue weighted by Gasteiger charge is 2.48. The van der Waals surface area contributed by atoms with Crippen molar-refractivity contribution in [3.05, 3.63) is 0 Å². The first-order chi connectivity index (χ1) is 5.29.